The van der Waals surface area contributed by atoms with Gasteiger partial charge in [-0.2, -0.15) is 0 Å². The maximum atomic E-state index is 9.96. The number of hydrogen-bond donors (Lipinski definition) is 2. The third kappa shape index (κ3) is 6.12. The molecule has 3 atom stereocenters. The van der Waals surface area contributed by atoms with Gasteiger partial charge in [0.15, 0.2) is 0 Å². The second-order valence-electron chi connectivity index (χ2n) is 6.06. The van der Waals surface area contributed by atoms with Crippen molar-refractivity contribution in [1.82, 2.24) is 10.3 Å². The zero-order valence-corrected chi connectivity index (χ0v) is 13.0. The third-order valence-electron chi connectivity index (χ3n) is 4.20. The van der Waals surface area contributed by atoms with E-state index in [0.29, 0.717) is 25.2 Å². The summed E-state index contributed by atoms with van der Waals surface area (Å²) in [5.41, 5.74) is 1.08. The standard InChI is InChI=1S/C17H28N2O2/c1-14-6-2-3-8-17(14)21-13-16(20)12-18-11-9-15-7-4-5-10-19-15/h4-5,7,10,14,16-18,20H,2-3,6,8-9,11-13H2,1H3. The molecule has 21 heavy (non-hydrogen) atoms. The van der Waals surface area contributed by atoms with Gasteiger partial charge in [0.05, 0.1) is 18.8 Å². The SMILES string of the molecule is CC1CCCCC1OCC(O)CNCCc1ccccn1. The molecule has 4 heteroatoms. The van der Waals surface area contributed by atoms with E-state index in [9.17, 15) is 5.11 Å². The fourth-order valence-electron chi connectivity index (χ4n) is 2.85. The van der Waals surface area contributed by atoms with E-state index in [4.69, 9.17) is 4.74 Å². The summed E-state index contributed by atoms with van der Waals surface area (Å²) >= 11 is 0. The molecule has 118 valence electrons. The van der Waals surface area contributed by atoms with Crippen molar-refractivity contribution in [3.8, 4) is 0 Å². The Balaban J connectivity index is 1.54. The molecule has 1 aliphatic carbocycles. The molecule has 3 unspecified atom stereocenters. The van der Waals surface area contributed by atoms with Gasteiger partial charge in [-0.1, -0.05) is 25.8 Å². The predicted octanol–water partition coefficient (Wildman–Crippen LogP) is 2.17. The Morgan fingerprint density at radius 2 is 2.24 bits per heavy atom. The lowest BCUT2D eigenvalue weighted by molar-refractivity contribution is -0.0450. The number of rotatable bonds is 8. The van der Waals surface area contributed by atoms with Crippen molar-refractivity contribution in [3.05, 3.63) is 30.1 Å². The van der Waals surface area contributed by atoms with Gasteiger partial charge in [0.2, 0.25) is 0 Å². The number of aliphatic hydroxyl groups excluding tert-OH is 1. The average molecular weight is 292 g/mol. The van der Waals surface area contributed by atoms with Gasteiger partial charge in [-0.05, 0) is 30.9 Å². The van der Waals surface area contributed by atoms with Gasteiger partial charge in [0.25, 0.3) is 0 Å². The highest BCUT2D eigenvalue weighted by molar-refractivity contribution is 5.03. The summed E-state index contributed by atoms with van der Waals surface area (Å²) in [7, 11) is 0. The highest BCUT2D eigenvalue weighted by Crippen LogP contribution is 2.26. The van der Waals surface area contributed by atoms with Crippen LogP contribution in [0.4, 0.5) is 0 Å². The van der Waals surface area contributed by atoms with Crippen molar-refractivity contribution < 1.29 is 9.84 Å². The molecule has 0 aliphatic heterocycles. The zero-order chi connectivity index (χ0) is 14.9. The van der Waals surface area contributed by atoms with Crippen molar-refractivity contribution >= 4 is 0 Å². The molecule has 1 aliphatic rings. The van der Waals surface area contributed by atoms with Crippen LogP contribution in [0.2, 0.25) is 0 Å². The van der Waals surface area contributed by atoms with Crippen molar-refractivity contribution in [2.45, 2.75) is 51.2 Å². The summed E-state index contributed by atoms with van der Waals surface area (Å²) in [6, 6.07) is 5.94. The van der Waals surface area contributed by atoms with Crippen LogP contribution in [0.25, 0.3) is 0 Å². The largest absolute Gasteiger partial charge is 0.389 e. The van der Waals surface area contributed by atoms with Crippen LogP contribution in [-0.2, 0) is 11.2 Å². The van der Waals surface area contributed by atoms with Crippen LogP contribution in [-0.4, -0.2) is 42.0 Å². The average Bonchev–Trinajstić information content (AvgIpc) is 2.52. The predicted molar refractivity (Wildman–Crippen MR) is 84.2 cm³/mol. The maximum Gasteiger partial charge on any atom is 0.0897 e. The Morgan fingerprint density at radius 1 is 1.38 bits per heavy atom. The van der Waals surface area contributed by atoms with E-state index in [1.807, 2.05) is 24.4 Å². The fourth-order valence-corrected chi connectivity index (χ4v) is 2.85. The molecule has 0 aromatic carbocycles. The lowest BCUT2D eigenvalue weighted by atomic mass is 9.88. The van der Waals surface area contributed by atoms with Crippen molar-refractivity contribution in [1.29, 1.82) is 0 Å². The van der Waals surface area contributed by atoms with Crippen molar-refractivity contribution in [2.24, 2.45) is 5.92 Å². The molecule has 0 spiro atoms. The lowest BCUT2D eigenvalue weighted by Gasteiger charge is -2.29. The van der Waals surface area contributed by atoms with Gasteiger partial charge in [0.1, 0.15) is 0 Å². The van der Waals surface area contributed by atoms with Crippen LogP contribution in [0, 0.1) is 5.92 Å². The Bertz CT molecular complexity index is 386. The number of nitrogens with one attached hydrogen (secondary N) is 1. The molecule has 0 bridgehead atoms. The van der Waals surface area contributed by atoms with Crippen LogP contribution in [0.15, 0.2) is 24.4 Å². The normalized spacial score (nSPS) is 23.9. The summed E-state index contributed by atoms with van der Waals surface area (Å²) < 4.78 is 5.87. The lowest BCUT2D eigenvalue weighted by Crippen LogP contribution is -2.35. The van der Waals surface area contributed by atoms with E-state index in [1.165, 1.54) is 19.3 Å². The summed E-state index contributed by atoms with van der Waals surface area (Å²) in [5, 5.41) is 13.2. The van der Waals surface area contributed by atoms with Gasteiger partial charge in [-0.25, -0.2) is 0 Å². The first-order valence-electron chi connectivity index (χ1n) is 8.16. The molecule has 1 aromatic rings. The molecular weight excluding hydrogens is 264 g/mol. The fraction of sp³-hybridized carbons (Fsp3) is 0.706. The van der Waals surface area contributed by atoms with Crippen LogP contribution >= 0.6 is 0 Å². The second-order valence-corrected chi connectivity index (χ2v) is 6.06. The quantitative estimate of drug-likeness (QED) is 0.721. The van der Waals surface area contributed by atoms with Crippen LogP contribution in [0.3, 0.4) is 0 Å². The Labute approximate surface area is 127 Å². The van der Waals surface area contributed by atoms with Crippen LogP contribution < -0.4 is 5.32 Å². The number of pyridine rings is 1. The Hall–Kier alpha value is -0.970. The maximum absolute atomic E-state index is 9.96. The summed E-state index contributed by atoms with van der Waals surface area (Å²) in [4.78, 5) is 4.27. The monoisotopic (exact) mass is 292 g/mol. The number of aliphatic hydroxyl groups is 1. The first-order chi connectivity index (χ1) is 10.3. The van der Waals surface area contributed by atoms with E-state index >= 15 is 0 Å². The van der Waals surface area contributed by atoms with Crippen molar-refractivity contribution in [3.63, 3.8) is 0 Å². The highest BCUT2D eigenvalue weighted by atomic mass is 16.5. The molecule has 0 saturated heterocycles. The molecule has 1 fully saturated rings. The number of aromatic nitrogens is 1. The van der Waals surface area contributed by atoms with E-state index in [-0.39, 0.29) is 0 Å². The molecule has 2 rings (SSSR count). The number of nitrogens with zero attached hydrogens (tertiary/aromatic N) is 1. The minimum atomic E-state index is -0.428. The molecule has 1 heterocycles. The summed E-state index contributed by atoms with van der Waals surface area (Å²) in [5.74, 6) is 0.628. The molecule has 1 saturated carbocycles. The van der Waals surface area contributed by atoms with Gasteiger partial charge in [0, 0.05) is 31.4 Å². The molecule has 0 amide bonds. The van der Waals surface area contributed by atoms with Crippen LogP contribution in [0.5, 0.6) is 0 Å². The first kappa shape index (κ1) is 16.4. The van der Waals surface area contributed by atoms with Crippen molar-refractivity contribution in [2.75, 3.05) is 19.7 Å². The van der Waals surface area contributed by atoms with Crippen LogP contribution in [0.1, 0.15) is 38.3 Å². The van der Waals surface area contributed by atoms with Gasteiger partial charge >= 0.3 is 0 Å². The summed E-state index contributed by atoms with van der Waals surface area (Å²) in [6.45, 7) is 4.09. The molecule has 1 aromatic heterocycles. The van der Waals surface area contributed by atoms with E-state index in [0.717, 1.165) is 25.1 Å². The number of hydrogen-bond acceptors (Lipinski definition) is 4. The molecule has 0 radical (unpaired) electrons. The minimum Gasteiger partial charge on any atom is -0.389 e. The van der Waals surface area contributed by atoms with Gasteiger partial charge in [-0.15, -0.1) is 0 Å². The first-order valence-corrected chi connectivity index (χ1v) is 8.16. The van der Waals surface area contributed by atoms with Gasteiger partial charge < -0.3 is 15.2 Å². The Morgan fingerprint density at radius 3 is 3.00 bits per heavy atom. The third-order valence-corrected chi connectivity index (χ3v) is 4.20. The second kappa shape index (κ2) is 9.13. The van der Waals surface area contributed by atoms with E-state index in [2.05, 4.69) is 17.2 Å². The van der Waals surface area contributed by atoms with Gasteiger partial charge in [-0.3, -0.25) is 4.98 Å². The number of ether oxygens (including phenoxy) is 1. The summed E-state index contributed by atoms with van der Waals surface area (Å²) in [6.07, 6.45) is 7.57. The van der Waals surface area contributed by atoms with E-state index in [1.54, 1.807) is 0 Å². The topological polar surface area (TPSA) is 54.4 Å². The molecular formula is C17H28N2O2. The molecule has 4 nitrogen and oxygen atoms in total. The Kier molecular flexibility index (Phi) is 7.13. The zero-order valence-electron chi connectivity index (χ0n) is 13.0. The minimum absolute atomic E-state index is 0.335. The smallest absolute Gasteiger partial charge is 0.0897 e. The molecule has 2 N–H and O–H groups in total. The highest BCUT2D eigenvalue weighted by Gasteiger charge is 2.22. The van der Waals surface area contributed by atoms with E-state index < -0.39 is 6.10 Å².